The molecule has 1 aromatic heterocycles. The Morgan fingerprint density at radius 2 is 1.95 bits per heavy atom. The van der Waals surface area contributed by atoms with Gasteiger partial charge in [0.05, 0.1) is 21.8 Å². The molecule has 2 nitrogen and oxygen atoms in total. The van der Waals surface area contributed by atoms with Gasteiger partial charge >= 0.3 is 0 Å². The Hall–Kier alpha value is -0.740. The lowest BCUT2D eigenvalue weighted by atomic mass is 10.0. The van der Waals surface area contributed by atoms with Gasteiger partial charge in [0.1, 0.15) is 5.75 Å². The highest BCUT2D eigenvalue weighted by atomic mass is 35.5. The van der Waals surface area contributed by atoms with Crippen LogP contribution in [0.4, 0.5) is 0 Å². The number of hydrogen-bond donors (Lipinski definition) is 1. The maximum Gasteiger partial charge on any atom is 0.118 e. The zero-order chi connectivity index (χ0) is 13.8. The van der Waals surface area contributed by atoms with Gasteiger partial charge in [-0.3, -0.25) is 0 Å². The first-order chi connectivity index (χ1) is 9.15. The van der Waals surface area contributed by atoms with E-state index < -0.39 is 0 Å². The van der Waals surface area contributed by atoms with Crippen LogP contribution in [0, 0.1) is 0 Å². The quantitative estimate of drug-likeness (QED) is 0.858. The van der Waals surface area contributed by atoms with Gasteiger partial charge in [0.25, 0.3) is 0 Å². The van der Waals surface area contributed by atoms with Crippen LogP contribution in [-0.2, 0) is 0 Å². The van der Waals surface area contributed by atoms with Crippen LogP contribution in [0.25, 0.3) is 0 Å². The Labute approximate surface area is 127 Å². The summed E-state index contributed by atoms with van der Waals surface area (Å²) < 4.78 is 6.61. The molecule has 102 valence electrons. The van der Waals surface area contributed by atoms with E-state index in [0.29, 0.717) is 4.34 Å². The van der Waals surface area contributed by atoms with Crippen LogP contribution in [0.15, 0.2) is 30.3 Å². The second kappa shape index (κ2) is 6.62. The van der Waals surface area contributed by atoms with Crippen molar-refractivity contribution in [1.29, 1.82) is 0 Å². The van der Waals surface area contributed by atoms with Crippen molar-refractivity contribution < 1.29 is 4.74 Å². The molecule has 0 fully saturated rings. The Bertz CT molecular complexity index is 539. The van der Waals surface area contributed by atoms with E-state index in [9.17, 15) is 0 Å². The van der Waals surface area contributed by atoms with Gasteiger partial charge in [0.15, 0.2) is 0 Å². The third-order valence-corrected chi connectivity index (χ3v) is 4.37. The molecule has 0 spiro atoms. The van der Waals surface area contributed by atoms with Crippen molar-refractivity contribution in [3.8, 4) is 5.75 Å². The fraction of sp³-hybridized carbons (Fsp3) is 0.286. The molecule has 0 saturated heterocycles. The maximum absolute atomic E-state index is 6.25. The van der Waals surface area contributed by atoms with Gasteiger partial charge in [-0.1, -0.05) is 42.3 Å². The van der Waals surface area contributed by atoms with Crippen molar-refractivity contribution in [2.24, 2.45) is 0 Å². The molecule has 5 heteroatoms. The summed E-state index contributed by atoms with van der Waals surface area (Å²) in [6.45, 7) is 2.92. The highest BCUT2D eigenvalue weighted by Gasteiger charge is 2.18. The van der Waals surface area contributed by atoms with Crippen LogP contribution < -0.4 is 10.1 Å². The number of hydrogen-bond acceptors (Lipinski definition) is 3. The zero-order valence-corrected chi connectivity index (χ0v) is 13.1. The van der Waals surface area contributed by atoms with E-state index in [4.69, 9.17) is 27.9 Å². The fourth-order valence-electron chi connectivity index (χ4n) is 1.96. The SMILES string of the molecule is CCNC(c1ccc(OC)cc1)c1cc(Cl)sc1Cl. The number of rotatable bonds is 5. The van der Waals surface area contributed by atoms with Crippen LogP contribution >= 0.6 is 34.5 Å². The summed E-state index contributed by atoms with van der Waals surface area (Å²) >= 11 is 13.7. The molecule has 1 unspecified atom stereocenters. The Morgan fingerprint density at radius 3 is 2.42 bits per heavy atom. The first-order valence-corrected chi connectivity index (χ1v) is 7.55. The minimum atomic E-state index is 0.0483. The topological polar surface area (TPSA) is 21.3 Å². The van der Waals surface area contributed by atoms with Crippen molar-refractivity contribution >= 4 is 34.5 Å². The molecule has 0 radical (unpaired) electrons. The summed E-state index contributed by atoms with van der Waals surface area (Å²) in [4.78, 5) is 0. The minimum absolute atomic E-state index is 0.0483. The Kier molecular flexibility index (Phi) is 5.11. The first kappa shape index (κ1) is 14.7. The predicted octanol–water partition coefficient (Wildman–Crippen LogP) is 4.76. The van der Waals surface area contributed by atoms with Gasteiger partial charge in [-0.25, -0.2) is 0 Å². The molecule has 0 saturated carbocycles. The van der Waals surface area contributed by atoms with Gasteiger partial charge < -0.3 is 10.1 Å². The molecule has 0 aliphatic heterocycles. The molecule has 1 atom stereocenters. The number of methoxy groups -OCH3 is 1. The summed E-state index contributed by atoms with van der Waals surface area (Å²) in [5.41, 5.74) is 2.16. The fourth-order valence-corrected chi connectivity index (χ4v) is 3.49. The first-order valence-electron chi connectivity index (χ1n) is 5.97. The summed E-state index contributed by atoms with van der Waals surface area (Å²) in [5, 5.41) is 3.43. The second-order valence-corrected chi connectivity index (χ2v) is 6.33. The summed E-state index contributed by atoms with van der Waals surface area (Å²) in [6, 6.07) is 9.93. The van der Waals surface area contributed by atoms with E-state index in [1.807, 2.05) is 30.3 Å². The van der Waals surface area contributed by atoms with Crippen molar-refractivity contribution in [3.63, 3.8) is 0 Å². The maximum atomic E-state index is 6.25. The van der Waals surface area contributed by atoms with Crippen LogP contribution in [0.2, 0.25) is 8.67 Å². The van der Waals surface area contributed by atoms with Crippen LogP contribution in [0.3, 0.4) is 0 Å². The summed E-state index contributed by atoms with van der Waals surface area (Å²) in [5.74, 6) is 0.841. The number of ether oxygens (including phenoxy) is 1. The molecule has 19 heavy (non-hydrogen) atoms. The van der Waals surface area contributed by atoms with Crippen LogP contribution in [-0.4, -0.2) is 13.7 Å². The molecule has 0 aliphatic rings. The molecule has 2 aromatic rings. The average Bonchev–Trinajstić information content (AvgIpc) is 2.75. The van der Waals surface area contributed by atoms with E-state index >= 15 is 0 Å². The number of nitrogens with one attached hydrogen (secondary N) is 1. The summed E-state index contributed by atoms with van der Waals surface area (Å²) in [7, 11) is 1.66. The third kappa shape index (κ3) is 3.42. The number of halogens is 2. The van der Waals surface area contributed by atoms with E-state index in [0.717, 1.165) is 27.8 Å². The van der Waals surface area contributed by atoms with Crippen molar-refractivity contribution in [3.05, 3.63) is 50.1 Å². The van der Waals surface area contributed by atoms with Crippen molar-refractivity contribution in [2.45, 2.75) is 13.0 Å². The van der Waals surface area contributed by atoms with Gasteiger partial charge in [-0.15, -0.1) is 11.3 Å². The van der Waals surface area contributed by atoms with Gasteiger partial charge in [-0.05, 0) is 30.3 Å². The van der Waals surface area contributed by atoms with E-state index in [1.54, 1.807) is 7.11 Å². The molecule has 1 aromatic carbocycles. The van der Waals surface area contributed by atoms with Gasteiger partial charge in [-0.2, -0.15) is 0 Å². The zero-order valence-electron chi connectivity index (χ0n) is 10.7. The molecule has 0 amide bonds. The van der Waals surface area contributed by atoms with Crippen molar-refractivity contribution in [1.82, 2.24) is 5.32 Å². The molecule has 1 heterocycles. The molecule has 1 N–H and O–H groups in total. The van der Waals surface area contributed by atoms with Gasteiger partial charge in [0, 0.05) is 5.56 Å². The molecule has 0 bridgehead atoms. The lowest BCUT2D eigenvalue weighted by Gasteiger charge is -2.18. The minimum Gasteiger partial charge on any atom is -0.497 e. The van der Waals surface area contributed by atoms with E-state index in [1.165, 1.54) is 11.3 Å². The Balaban J connectivity index is 2.36. The standard InChI is InChI=1S/C14H15Cl2NOS/c1-3-17-13(11-8-12(15)19-14(11)16)9-4-6-10(18-2)7-5-9/h4-8,13,17H,3H2,1-2H3. The largest absolute Gasteiger partial charge is 0.497 e. The molecule has 0 aliphatic carbocycles. The van der Waals surface area contributed by atoms with Gasteiger partial charge in [0.2, 0.25) is 0 Å². The highest BCUT2D eigenvalue weighted by Crippen LogP contribution is 2.37. The predicted molar refractivity (Wildman–Crippen MR) is 82.9 cm³/mol. The highest BCUT2D eigenvalue weighted by molar-refractivity contribution is 7.20. The average molecular weight is 316 g/mol. The molecule has 2 rings (SSSR count). The van der Waals surface area contributed by atoms with E-state index in [2.05, 4.69) is 12.2 Å². The smallest absolute Gasteiger partial charge is 0.118 e. The van der Waals surface area contributed by atoms with E-state index in [-0.39, 0.29) is 6.04 Å². The number of thiophene rings is 1. The Morgan fingerprint density at radius 1 is 1.26 bits per heavy atom. The normalized spacial score (nSPS) is 12.4. The summed E-state index contributed by atoms with van der Waals surface area (Å²) in [6.07, 6.45) is 0. The number of benzene rings is 1. The third-order valence-electron chi connectivity index (χ3n) is 2.85. The van der Waals surface area contributed by atoms with Crippen LogP contribution in [0.1, 0.15) is 24.1 Å². The lowest BCUT2D eigenvalue weighted by molar-refractivity contribution is 0.414. The van der Waals surface area contributed by atoms with Crippen LogP contribution in [0.5, 0.6) is 5.75 Å². The lowest BCUT2D eigenvalue weighted by Crippen LogP contribution is -2.21. The second-order valence-electron chi connectivity index (χ2n) is 4.04. The van der Waals surface area contributed by atoms with Crippen molar-refractivity contribution in [2.75, 3.05) is 13.7 Å². The molecular weight excluding hydrogens is 301 g/mol. The molecular formula is C14H15Cl2NOS. The monoisotopic (exact) mass is 315 g/mol.